The SMILES string of the molecule is C#CC(C)OC(=O)CCCC(=O)Oc1c(Cl)cc(Cl)c2ccccc12. The number of esters is 2. The molecular weight excluding hydrogens is 363 g/mol. The van der Waals surface area contributed by atoms with E-state index in [1.807, 2.05) is 12.1 Å². The number of carbonyl (C=O) groups excluding carboxylic acids is 2. The molecule has 0 radical (unpaired) electrons. The average Bonchev–Trinajstić information content (AvgIpc) is 2.58. The molecule has 0 saturated carbocycles. The molecule has 0 aromatic heterocycles. The Labute approximate surface area is 156 Å². The van der Waals surface area contributed by atoms with Crippen molar-refractivity contribution in [3.05, 3.63) is 40.4 Å². The van der Waals surface area contributed by atoms with Crippen LogP contribution in [0, 0.1) is 12.3 Å². The van der Waals surface area contributed by atoms with Crippen molar-refractivity contribution in [2.24, 2.45) is 0 Å². The van der Waals surface area contributed by atoms with Gasteiger partial charge in [-0.15, -0.1) is 6.42 Å². The van der Waals surface area contributed by atoms with Gasteiger partial charge in [0.15, 0.2) is 11.9 Å². The summed E-state index contributed by atoms with van der Waals surface area (Å²) in [5.74, 6) is 1.61. The summed E-state index contributed by atoms with van der Waals surface area (Å²) in [6, 6.07) is 8.75. The number of benzene rings is 2. The number of hydrogen-bond acceptors (Lipinski definition) is 4. The smallest absolute Gasteiger partial charge is 0.311 e. The summed E-state index contributed by atoms with van der Waals surface area (Å²) < 4.78 is 10.3. The Morgan fingerprint density at radius 3 is 2.44 bits per heavy atom. The molecule has 2 rings (SSSR count). The van der Waals surface area contributed by atoms with Crippen LogP contribution in [0.3, 0.4) is 0 Å². The number of hydrogen-bond donors (Lipinski definition) is 0. The predicted molar refractivity (Wildman–Crippen MR) is 97.8 cm³/mol. The molecule has 2 aromatic rings. The van der Waals surface area contributed by atoms with Crippen LogP contribution in [0.5, 0.6) is 5.75 Å². The van der Waals surface area contributed by atoms with Gasteiger partial charge in [-0.2, -0.15) is 0 Å². The van der Waals surface area contributed by atoms with E-state index >= 15 is 0 Å². The van der Waals surface area contributed by atoms with Crippen LogP contribution in [0.4, 0.5) is 0 Å². The minimum Gasteiger partial charge on any atom is -0.449 e. The minimum atomic E-state index is -0.585. The Morgan fingerprint density at radius 2 is 1.76 bits per heavy atom. The van der Waals surface area contributed by atoms with E-state index in [1.54, 1.807) is 19.1 Å². The summed E-state index contributed by atoms with van der Waals surface area (Å²) in [5, 5.41) is 2.11. The molecule has 1 atom stereocenters. The summed E-state index contributed by atoms with van der Waals surface area (Å²) in [6.45, 7) is 1.60. The highest BCUT2D eigenvalue weighted by Gasteiger charge is 2.15. The molecule has 0 bridgehead atoms. The second-order valence-electron chi connectivity index (χ2n) is 5.34. The van der Waals surface area contributed by atoms with Gasteiger partial charge >= 0.3 is 11.9 Å². The topological polar surface area (TPSA) is 52.6 Å². The molecule has 2 aromatic carbocycles. The van der Waals surface area contributed by atoms with Crippen molar-refractivity contribution in [2.45, 2.75) is 32.3 Å². The summed E-state index contributed by atoms with van der Waals surface area (Å²) in [7, 11) is 0. The highest BCUT2D eigenvalue weighted by molar-refractivity contribution is 6.40. The first kappa shape index (κ1) is 19.1. The van der Waals surface area contributed by atoms with Crippen LogP contribution in [-0.2, 0) is 14.3 Å². The lowest BCUT2D eigenvalue weighted by Crippen LogP contribution is -2.14. The zero-order valence-electron chi connectivity index (χ0n) is 13.6. The zero-order chi connectivity index (χ0) is 18.4. The zero-order valence-corrected chi connectivity index (χ0v) is 15.1. The van der Waals surface area contributed by atoms with E-state index in [0.717, 1.165) is 5.39 Å². The van der Waals surface area contributed by atoms with Crippen LogP contribution in [0.1, 0.15) is 26.2 Å². The third-order valence-corrected chi connectivity index (χ3v) is 4.01. The van der Waals surface area contributed by atoms with Gasteiger partial charge in [0, 0.05) is 23.6 Å². The van der Waals surface area contributed by atoms with Gasteiger partial charge in [-0.3, -0.25) is 9.59 Å². The van der Waals surface area contributed by atoms with Crippen molar-refractivity contribution >= 4 is 45.9 Å². The molecule has 0 saturated heterocycles. The van der Waals surface area contributed by atoms with Gasteiger partial charge in [0.05, 0.1) is 10.0 Å². The van der Waals surface area contributed by atoms with E-state index < -0.39 is 18.0 Å². The van der Waals surface area contributed by atoms with E-state index in [0.29, 0.717) is 10.4 Å². The lowest BCUT2D eigenvalue weighted by atomic mass is 10.1. The van der Waals surface area contributed by atoms with E-state index in [9.17, 15) is 9.59 Å². The fourth-order valence-electron chi connectivity index (χ4n) is 2.21. The average molecular weight is 379 g/mol. The van der Waals surface area contributed by atoms with Crippen molar-refractivity contribution in [3.63, 3.8) is 0 Å². The lowest BCUT2D eigenvalue weighted by molar-refractivity contribution is -0.146. The number of ether oxygens (including phenoxy) is 2. The third-order valence-electron chi connectivity index (χ3n) is 3.42. The van der Waals surface area contributed by atoms with Gasteiger partial charge in [0.2, 0.25) is 0 Å². The first-order valence-electron chi connectivity index (χ1n) is 7.65. The quantitative estimate of drug-likeness (QED) is 0.412. The summed E-state index contributed by atoms with van der Waals surface area (Å²) >= 11 is 12.3. The van der Waals surface area contributed by atoms with Crippen molar-refractivity contribution in [1.29, 1.82) is 0 Å². The molecule has 0 spiro atoms. The summed E-state index contributed by atoms with van der Waals surface area (Å²) in [5.41, 5.74) is 0. The van der Waals surface area contributed by atoms with Gasteiger partial charge in [0.1, 0.15) is 0 Å². The van der Waals surface area contributed by atoms with Crippen LogP contribution in [0.25, 0.3) is 10.8 Å². The van der Waals surface area contributed by atoms with Crippen molar-refractivity contribution in [2.75, 3.05) is 0 Å². The number of terminal acetylenes is 1. The second kappa shape index (κ2) is 8.75. The highest BCUT2D eigenvalue weighted by Crippen LogP contribution is 2.38. The molecule has 25 heavy (non-hydrogen) atoms. The van der Waals surface area contributed by atoms with Crippen LogP contribution in [0.2, 0.25) is 10.0 Å². The van der Waals surface area contributed by atoms with Crippen LogP contribution in [-0.4, -0.2) is 18.0 Å². The maximum atomic E-state index is 12.1. The third kappa shape index (κ3) is 5.12. The normalized spacial score (nSPS) is 11.6. The Kier molecular flexibility index (Phi) is 6.69. The predicted octanol–water partition coefficient (Wildman–Crippen LogP) is 4.79. The highest BCUT2D eigenvalue weighted by atomic mass is 35.5. The van der Waals surface area contributed by atoms with Crippen LogP contribution < -0.4 is 4.74 Å². The van der Waals surface area contributed by atoms with E-state index in [2.05, 4.69) is 5.92 Å². The summed E-state index contributed by atoms with van der Waals surface area (Å²) in [6.07, 6.45) is 4.96. The Balaban J connectivity index is 1.99. The minimum absolute atomic E-state index is 0.0484. The van der Waals surface area contributed by atoms with Gasteiger partial charge in [-0.25, -0.2) is 0 Å². The van der Waals surface area contributed by atoms with Crippen molar-refractivity contribution in [3.8, 4) is 18.1 Å². The van der Waals surface area contributed by atoms with Gasteiger partial charge in [0.25, 0.3) is 0 Å². The van der Waals surface area contributed by atoms with Gasteiger partial charge in [-0.05, 0) is 19.4 Å². The molecule has 0 aliphatic rings. The monoisotopic (exact) mass is 378 g/mol. The van der Waals surface area contributed by atoms with E-state index in [-0.39, 0.29) is 30.0 Å². The molecule has 0 heterocycles. The first-order chi connectivity index (χ1) is 11.9. The Morgan fingerprint density at radius 1 is 1.12 bits per heavy atom. The van der Waals surface area contributed by atoms with E-state index in [4.69, 9.17) is 39.1 Å². The number of carbonyl (C=O) groups is 2. The first-order valence-corrected chi connectivity index (χ1v) is 8.41. The number of halogens is 2. The maximum Gasteiger partial charge on any atom is 0.311 e. The largest absolute Gasteiger partial charge is 0.449 e. The van der Waals surface area contributed by atoms with Crippen molar-refractivity contribution < 1.29 is 19.1 Å². The number of rotatable bonds is 6. The standard InChI is InChI=1S/C19H16Cl2O4/c1-3-12(2)24-17(22)9-6-10-18(23)25-19-14-8-5-4-7-13(14)15(20)11-16(19)21/h1,4-5,7-8,11-12H,6,9-10H2,2H3. The molecule has 0 aliphatic heterocycles. The molecule has 4 nitrogen and oxygen atoms in total. The second-order valence-corrected chi connectivity index (χ2v) is 6.16. The molecule has 0 fully saturated rings. The van der Waals surface area contributed by atoms with Crippen LogP contribution in [0.15, 0.2) is 30.3 Å². The Hall–Kier alpha value is -2.22. The maximum absolute atomic E-state index is 12.1. The number of fused-ring (bicyclic) bond motifs is 1. The van der Waals surface area contributed by atoms with Gasteiger partial charge < -0.3 is 9.47 Å². The fraction of sp³-hybridized carbons (Fsp3) is 0.263. The van der Waals surface area contributed by atoms with Crippen LogP contribution >= 0.6 is 23.2 Å². The lowest BCUT2D eigenvalue weighted by Gasteiger charge is -2.11. The van der Waals surface area contributed by atoms with E-state index in [1.165, 1.54) is 6.07 Å². The molecule has 6 heteroatoms. The molecule has 130 valence electrons. The fourth-order valence-corrected chi connectivity index (χ4v) is 2.79. The molecule has 1 unspecified atom stereocenters. The summed E-state index contributed by atoms with van der Waals surface area (Å²) in [4.78, 5) is 23.6. The Bertz CT molecular complexity index is 839. The van der Waals surface area contributed by atoms with Crippen molar-refractivity contribution in [1.82, 2.24) is 0 Å². The molecule has 0 amide bonds. The molecule has 0 N–H and O–H groups in total. The molecule has 0 aliphatic carbocycles. The van der Waals surface area contributed by atoms with Gasteiger partial charge in [-0.1, -0.05) is 53.4 Å². The molecular formula is C19H16Cl2O4.